The van der Waals surface area contributed by atoms with Crippen LogP contribution in [0.2, 0.25) is 0 Å². The summed E-state index contributed by atoms with van der Waals surface area (Å²) in [6, 6.07) is 7.78. The molecule has 1 heterocycles. The Hall–Kier alpha value is -2.36. The molecule has 0 bridgehead atoms. The minimum atomic E-state index is -0.184. The van der Waals surface area contributed by atoms with E-state index in [9.17, 15) is 4.79 Å². The molecule has 2 rings (SSSR count). The molecule has 1 N–H and O–H groups in total. The van der Waals surface area contributed by atoms with Crippen LogP contribution in [0.1, 0.15) is 46.7 Å². The zero-order chi connectivity index (χ0) is 17.9. The summed E-state index contributed by atoms with van der Waals surface area (Å²) in [6.07, 6.45) is 0. The topological polar surface area (TPSA) is 51.2 Å². The van der Waals surface area contributed by atoms with Gasteiger partial charge in [-0.3, -0.25) is 9.78 Å². The van der Waals surface area contributed by atoms with Gasteiger partial charge < -0.3 is 10.1 Å². The molecule has 0 atom stereocenters. The van der Waals surface area contributed by atoms with Gasteiger partial charge in [0.1, 0.15) is 11.3 Å². The molecule has 1 aromatic heterocycles. The smallest absolute Gasteiger partial charge is 0.261 e. The maximum atomic E-state index is 12.9. The third-order valence-corrected chi connectivity index (χ3v) is 3.81. The maximum absolute atomic E-state index is 12.9. The van der Waals surface area contributed by atoms with Crippen LogP contribution in [0, 0.1) is 33.6 Å². The molecule has 0 saturated heterocycles. The Morgan fingerprint density at radius 2 is 1.79 bits per heavy atom. The van der Waals surface area contributed by atoms with Crippen LogP contribution in [0.3, 0.4) is 0 Å². The number of benzene rings is 1. The lowest BCUT2D eigenvalue weighted by molar-refractivity contribution is 0.102. The molecule has 128 valence electrons. The number of nitrogens with one attached hydrogen (secondary N) is 1. The molecule has 1 amide bonds. The number of ether oxygens (including phenoxy) is 1. The summed E-state index contributed by atoms with van der Waals surface area (Å²) in [5, 5.41) is 3.02. The van der Waals surface area contributed by atoms with Crippen molar-refractivity contribution in [3.63, 3.8) is 0 Å². The van der Waals surface area contributed by atoms with Crippen LogP contribution in [-0.2, 0) is 0 Å². The molecule has 4 heteroatoms. The van der Waals surface area contributed by atoms with E-state index in [0.717, 1.165) is 22.5 Å². The van der Waals surface area contributed by atoms with Crippen molar-refractivity contribution < 1.29 is 9.53 Å². The zero-order valence-corrected chi connectivity index (χ0v) is 15.4. The van der Waals surface area contributed by atoms with Crippen LogP contribution in [0.25, 0.3) is 0 Å². The molecule has 0 radical (unpaired) electrons. The standard InChI is InChI=1S/C20H26N2O2/c1-12(2)11-24-17-10-15(5)21-16(6)18(17)20(23)22-19-13(3)8-7-9-14(19)4/h7-10,12H,11H2,1-6H3,(H,22,23). The lowest BCUT2D eigenvalue weighted by Gasteiger charge is -2.17. The Morgan fingerprint density at radius 1 is 1.17 bits per heavy atom. The number of para-hydroxylation sites is 1. The molecule has 0 spiro atoms. The van der Waals surface area contributed by atoms with Crippen molar-refractivity contribution in [2.75, 3.05) is 11.9 Å². The quantitative estimate of drug-likeness (QED) is 0.873. The third kappa shape index (κ3) is 4.13. The van der Waals surface area contributed by atoms with Crippen LogP contribution in [0.15, 0.2) is 24.3 Å². The molecule has 2 aromatic rings. The van der Waals surface area contributed by atoms with Crippen molar-refractivity contribution in [2.45, 2.75) is 41.5 Å². The van der Waals surface area contributed by atoms with Crippen LogP contribution in [-0.4, -0.2) is 17.5 Å². The summed E-state index contributed by atoms with van der Waals surface area (Å²) in [6.45, 7) is 12.4. The number of carbonyl (C=O) groups excluding carboxylic acids is 1. The summed E-state index contributed by atoms with van der Waals surface area (Å²) in [5.41, 5.74) is 4.94. The van der Waals surface area contributed by atoms with E-state index in [1.165, 1.54) is 0 Å². The van der Waals surface area contributed by atoms with E-state index in [1.807, 2.05) is 52.0 Å². The largest absolute Gasteiger partial charge is 0.492 e. The maximum Gasteiger partial charge on any atom is 0.261 e. The highest BCUT2D eigenvalue weighted by atomic mass is 16.5. The average molecular weight is 326 g/mol. The summed E-state index contributed by atoms with van der Waals surface area (Å²) >= 11 is 0. The second kappa shape index (κ2) is 7.47. The first kappa shape index (κ1) is 18.0. The number of hydrogen-bond acceptors (Lipinski definition) is 3. The SMILES string of the molecule is Cc1cc(OCC(C)C)c(C(=O)Nc2c(C)cccc2C)c(C)n1. The highest BCUT2D eigenvalue weighted by Crippen LogP contribution is 2.26. The van der Waals surface area contributed by atoms with Crippen molar-refractivity contribution in [1.82, 2.24) is 4.98 Å². The molecular formula is C20H26N2O2. The van der Waals surface area contributed by atoms with Gasteiger partial charge in [0.05, 0.1) is 12.3 Å². The molecule has 24 heavy (non-hydrogen) atoms. The van der Waals surface area contributed by atoms with Crippen LogP contribution in [0.5, 0.6) is 5.75 Å². The van der Waals surface area contributed by atoms with Gasteiger partial charge in [-0.1, -0.05) is 32.0 Å². The molecule has 4 nitrogen and oxygen atoms in total. The first-order valence-electron chi connectivity index (χ1n) is 8.28. The van der Waals surface area contributed by atoms with E-state index in [0.29, 0.717) is 29.5 Å². The van der Waals surface area contributed by atoms with Crippen molar-refractivity contribution in [2.24, 2.45) is 5.92 Å². The third-order valence-electron chi connectivity index (χ3n) is 3.81. The predicted molar refractivity (Wildman–Crippen MR) is 97.9 cm³/mol. The molecule has 0 fully saturated rings. The number of hydrogen-bond donors (Lipinski definition) is 1. The van der Waals surface area contributed by atoms with Crippen LogP contribution < -0.4 is 10.1 Å². The van der Waals surface area contributed by atoms with Gasteiger partial charge in [0.15, 0.2) is 0 Å². The highest BCUT2D eigenvalue weighted by Gasteiger charge is 2.19. The molecule has 0 aliphatic carbocycles. The first-order valence-corrected chi connectivity index (χ1v) is 8.28. The Morgan fingerprint density at radius 3 is 2.38 bits per heavy atom. The van der Waals surface area contributed by atoms with Gasteiger partial charge in [0.25, 0.3) is 5.91 Å². The molecular weight excluding hydrogens is 300 g/mol. The lowest BCUT2D eigenvalue weighted by Crippen LogP contribution is -2.18. The number of rotatable bonds is 5. The second-order valence-electron chi connectivity index (χ2n) is 6.65. The number of anilines is 1. The van der Waals surface area contributed by atoms with Gasteiger partial charge in [0, 0.05) is 17.4 Å². The van der Waals surface area contributed by atoms with Crippen LogP contribution in [0.4, 0.5) is 5.69 Å². The summed E-state index contributed by atoms with van der Waals surface area (Å²) < 4.78 is 5.88. The molecule has 0 saturated carbocycles. The Bertz CT molecular complexity index is 731. The lowest BCUT2D eigenvalue weighted by atomic mass is 10.1. The van der Waals surface area contributed by atoms with Gasteiger partial charge in [-0.15, -0.1) is 0 Å². The molecule has 0 aliphatic rings. The number of aryl methyl sites for hydroxylation is 4. The van der Waals surface area contributed by atoms with E-state index in [4.69, 9.17) is 4.74 Å². The number of carbonyl (C=O) groups is 1. The number of nitrogens with zero attached hydrogens (tertiary/aromatic N) is 1. The summed E-state index contributed by atoms with van der Waals surface area (Å²) in [4.78, 5) is 17.3. The Labute approximate surface area is 144 Å². The van der Waals surface area contributed by atoms with Gasteiger partial charge in [0.2, 0.25) is 0 Å². The normalized spacial score (nSPS) is 10.8. The fourth-order valence-corrected chi connectivity index (χ4v) is 2.63. The van der Waals surface area contributed by atoms with E-state index < -0.39 is 0 Å². The zero-order valence-electron chi connectivity index (χ0n) is 15.4. The molecule has 0 aliphatic heterocycles. The number of amides is 1. The Balaban J connectivity index is 2.38. The van der Waals surface area contributed by atoms with E-state index >= 15 is 0 Å². The second-order valence-corrected chi connectivity index (χ2v) is 6.65. The monoisotopic (exact) mass is 326 g/mol. The molecule has 0 unspecified atom stereocenters. The van der Waals surface area contributed by atoms with Gasteiger partial charge in [-0.05, 0) is 44.7 Å². The molecule has 1 aromatic carbocycles. The van der Waals surface area contributed by atoms with Gasteiger partial charge in [-0.25, -0.2) is 0 Å². The average Bonchev–Trinajstić information content (AvgIpc) is 2.48. The number of aromatic nitrogens is 1. The Kier molecular flexibility index (Phi) is 5.60. The van der Waals surface area contributed by atoms with E-state index in [2.05, 4.69) is 24.1 Å². The van der Waals surface area contributed by atoms with Crippen molar-refractivity contribution >= 4 is 11.6 Å². The van der Waals surface area contributed by atoms with Gasteiger partial charge >= 0.3 is 0 Å². The number of pyridine rings is 1. The van der Waals surface area contributed by atoms with Crippen molar-refractivity contribution in [3.8, 4) is 5.75 Å². The van der Waals surface area contributed by atoms with Gasteiger partial charge in [-0.2, -0.15) is 0 Å². The predicted octanol–water partition coefficient (Wildman–Crippen LogP) is 4.60. The minimum Gasteiger partial charge on any atom is -0.492 e. The summed E-state index contributed by atoms with van der Waals surface area (Å²) in [5.74, 6) is 0.793. The van der Waals surface area contributed by atoms with E-state index in [1.54, 1.807) is 0 Å². The first-order chi connectivity index (χ1) is 11.3. The fraction of sp³-hybridized carbons (Fsp3) is 0.400. The minimum absolute atomic E-state index is 0.184. The highest BCUT2D eigenvalue weighted by molar-refractivity contribution is 6.07. The summed E-state index contributed by atoms with van der Waals surface area (Å²) in [7, 11) is 0. The van der Waals surface area contributed by atoms with Crippen molar-refractivity contribution in [1.29, 1.82) is 0 Å². The van der Waals surface area contributed by atoms with Crippen molar-refractivity contribution in [3.05, 3.63) is 52.3 Å². The fourth-order valence-electron chi connectivity index (χ4n) is 2.63. The van der Waals surface area contributed by atoms with Crippen LogP contribution >= 0.6 is 0 Å². The van der Waals surface area contributed by atoms with E-state index in [-0.39, 0.29) is 5.91 Å².